The summed E-state index contributed by atoms with van der Waals surface area (Å²) >= 11 is 0. The van der Waals surface area contributed by atoms with Gasteiger partial charge in [0, 0.05) is 26.6 Å². The molecule has 1 N–H and O–H groups in total. The zero-order valence-corrected chi connectivity index (χ0v) is 12.2. The maximum Gasteiger partial charge on any atom is 0.222 e. The fourth-order valence-corrected chi connectivity index (χ4v) is 3.13. The first-order valence-corrected chi connectivity index (χ1v) is 7.78. The summed E-state index contributed by atoms with van der Waals surface area (Å²) in [6.07, 6.45) is 6.58. The molecule has 0 aromatic rings. The number of carbonyl (C=O) groups excluding carboxylic acids is 1. The van der Waals surface area contributed by atoms with Crippen molar-refractivity contribution >= 4 is 5.91 Å². The standard InChI is InChI=1S/C15H28N2O2/c1-17(11-14-3-2-10-19-12-14)15(18)5-4-13-6-8-16-9-7-13/h13-14,16H,2-12H2,1H3. The topological polar surface area (TPSA) is 41.6 Å². The van der Waals surface area contributed by atoms with Gasteiger partial charge in [-0.25, -0.2) is 0 Å². The van der Waals surface area contributed by atoms with Crippen LogP contribution in [0, 0.1) is 11.8 Å². The summed E-state index contributed by atoms with van der Waals surface area (Å²) in [6.45, 7) is 4.82. The average molecular weight is 268 g/mol. The lowest BCUT2D eigenvalue weighted by atomic mass is 9.93. The van der Waals surface area contributed by atoms with Crippen LogP contribution in [0.3, 0.4) is 0 Å². The van der Waals surface area contributed by atoms with E-state index in [1.54, 1.807) is 0 Å². The second-order valence-corrected chi connectivity index (χ2v) is 6.09. The number of rotatable bonds is 5. The molecule has 2 fully saturated rings. The average Bonchev–Trinajstić information content (AvgIpc) is 2.47. The lowest BCUT2D eigenvalue weighted by Crippen LogP contribution is -2.35. The van der Waals surface area contributed by atoms with Gasteiger partial charge >= 0.3 is 0 Å². The Kier molecular flexibility index (Phi) is 6.11. The molecule has 4 heteroatoms. The molecule has 2 rings (SSSR count). The van der Waals surface area contributed by atoms with Gasteiger partial charge in [0.2, 0.25) is 5.91 Å². The molecule has 0 spiro atoms. The minimum Gasteiger partial charge on any atom is -0.381 e. The number of nitrogens with zero attached hydrogens (tertiary/aromatic N) is 1. The molecule has 2 aliphatic heterocycles. The van der Waals surface area contributed by atoms with E-state index in [0.717, 1.165) is 58.0 Å². The predicted molar refractivity (Wildman–Crippen MR) is 76.0 cm³/mol. The summed E-state index contributed by atoms with van der Waals surface area (Å²) in [5, 5.41) is 3.37. The van der Waals surface area contributed by atoms with Gasteiger partial charge in [-0.05, 0) is 57.0 Å². The summed E-state index contributed by atoms with van der Waals surface area (Å²) in [7, 11) is 1.94. The van der Waals surface area contributed by atoms with Crippen molar-refractivity contribution in [1.29, 1.82) is 0 Å². The predicted octanol–water partition coefficient (Wildman–Crippen LogP) is 1.65. The highest BCUT2D eigenvalue weighted by Crippen LogP contribution is 2.19. The molecule has 4 nitrogen and oxygen atoms in total. The highest BCUT2D eigenvalue weighted by molar-refractivity contribution is 5.75. The van der Waals surface area contributed by atoms with Gasteiger partial charge in [0.25, 0.3) is 0 Å². The molecular formula is C15H28N2O2. The van der Waals surface area contributed by atoms with Crippen LogP contribution in [-0.4, -0.2) is 50.7 Å². The van der Waals surface area contributed by atoms with Gasteiger partial charge in [-0.1, -0.05) is 0 Å². The molecule has 1 amide bonds. The second-order valence-electron chi connectivity index (χ2n) is 6.09. The Morgan fingerprint density at radius 1 is 1.26 bits per heavy atom. The van der Waals surface area contributed by atoms with Gasteiger partial charge in [0.15, 0.2) is 0 Å². The first-order chi connectivity index (χ1) is 9.25. The quantitative estimate of drug-likeness (QED) is 0.824. The van der Waals surface area contributed by atoms with Gasteiger partial charge in [0.1, 0.15) is 0 Å². The minimum absolute atomic E-state index is 0.309. The van der Waals surface area contributed by atoms with Crippen molar-refractivity contribution in [1.82, 2.24) is 10.2 Å². The van der Waals surface area contributed by atoms with E-state index < -0.39 is 0 Å². The third kappa shape index (κ3) is 5.11. The lowest BCUT2D eigenvalue weighted by Gasteiger charge is -2.28. The highest BCUT2D eigenvalue weighted by Gasteiger charge is 2.20. The number of ether oxygens (including phenoxy) is 1. The number of nitrogens with one attached hydrogen (secondary N) is 1. The molecule has 0 aliphatic carbocycles. The van der Waals surface area contributed by atoms with Crippen LogP contribution in [0.1, 0.15) is 38.5 Å². The first kappa shape index (κ1) is 14.8. The van der Waals surface area contributed by atoms with Crippen LogP contribution < -0.4 is 5.32 Å². The van der Waals surface area contributed by atoms with Crippen LogP contribution in [0.2, 0.25) is 0 Å². The zero-order valence-electron chi connectivity index (χ0n) is 12.2. The molecule has 19 heavy (non-hydrogen) atoms. The third-order valence-corrected chi connectivity index (χ3v) is 4.44. The molecule has 0 radical (unpaired) electrons. The number of piperidine rings is 1. The SMILES string of the molecule is CN(CC1CCCOC1)C(=O)CCC1CCNCC1. The van der Waals surface area contributed by atoms with Crippen molar-refractivity contribution in [3.05, 3.63) is 0 Å². The van der Waals surface area contributed by atoms with E-state index in [4.69, 9.17) is 4.74 Å². The Labute approximate surface area is 116 Å². The van der Waals surface area contributed by atoms with E-state index >= 15 is 0 Å². The van der Waals surface area contributed by atoms with Crippen LogP contribution >= 0.6 is 0 Å². The fourth-order valence-electron chi connectivity index (χ4n) is 3.13. The van der Waals surface area contributed by atoms with Crippen LogP contribution in [-0.2, 0) is 9.53 Å². The van der Waals surface area contributed by atoms with Crippen molar-refractivity contribution in [2.75, 3.05) is 39.9 Å². The molecule has 0 saturated carbocycles. The van der Waals surface area contributed by atoms with E-state index in [-0.39, 0.29) is 0 Å². The molecule has 1 unspecified atom stereocenters. The number of hydrogen-bond donors (Lipinski definition) is 1. The van der Waals surface area contributed by atoms with Crippen molar-refractivity contribution in [2.24, 2.45) is 11.8 Å². The zero-order chi connectivity index (χ0) is 13.5. The Balaban J connectivity index is 1.63. The van der Waals surface area contributed by atoms with Gasteiger partial charge in [-0.2, -0.15) is 0 Å². The van der Waals surface area contributed by atoms with Crippen LogP contribution in [0.25, 0.3) is 0 Å². The maximum absolute atomic E-state index is 12.1. The highest BCUT2D eigenvalue weighted by atomic mass is 16.5. The third-order valence-electron chi connectivity index (χ3n) is 4.44. The van der Waals surface area contributed by atoms with Gasteiger partial charge in [-0.3, -0.25) is 4.79 Å². The normalized spacial score (nSPS) is 25.2. The summed E-state index contributed by atoms with van der Waals surface area (Å²) in [5.41, 5.74) is 0. The molecular weight excluding hydrogens is 240 g/mol. The van der Waals surface area contributed by atoms with Gasteiger partial charge in [-0.15, -0.1) is 0 Å². The second kappa shape index (κ2) is 7.85. The maximum atomic E-state index is 12.1. The van der Waals surface area contributed by atoms with Crippen molar-refractivity contribution in [2.45, 2.75) is 38.5 Å². The molecule has 2 aliphatic rings. The minimum atomic E-state index is 0.309. The summed E-state index contributed by atoms with van der Waals surface area (Å²) < 4.78 is 5.47. The number of carbonyl (C=O) groups is 1. The number of amides is 1. The molecule has 0 aromatic carbocycles. The van der Waals surface area contributed by atoms with Crippen LogP contribution in [0.4, 0.5) is 0 Å². The number of hydrogen-bond acceptors (Lipinski definition) is 3. The first-order valence-electron chi connectivity index (χ1n) is 7.78. The largest absolute Gasteiger partial charge is 0.381 e. The molecule has 1 atom stereocenters. The van der Waals surface area contributed by atoms with Crippen molar-refractivity contribution < 1.29 is 9.53 Å². The summed E-state index contributed by atoms with van der Waals surface area (Å²) in [6, 6.07) is 0. The molecule has 0 bridgehead atoms. The van der Waals surface area contributed by atoms with E-state index in [9.17, 15) is 4.79 Å². The molecule has 2 heterocycles. The lowest BCUT2D eigenvalue weighted by molar-refractivity contribution is -0.131. The van der Waals surface area contributed by atoms with Crippen molar-refractivity contribution in [3.63, 3.8) is 0 Å². The molecule has 0 aromatic heterocycles. The van der Waals surface area contributed by atoms with E-state index in [1.165, 1.54) is 19.3 Å². The Morgan fingerprint density at radius 2 is 2.05 bits per heavy atom. The molecule has 110 valence electrons. The van der Waals surface area contributed by atoms with Crippen molar-refractivity contribution in [3.8, 4) is 0 Å². The van der Waals surface area contributed by atoms with Gasteiger partial charge in [0.05, 0.1) is 6.61 Å². The monoisotopic (exact) mass is 268 g/mol. The van der Waals surface area contributed by atoms with Crippen LogP contribution in [0.15, 0.2) is 0 Å². The van der Waals surface area contributed by atoms with E-state index in [0.29, 0.717) is 11.8 Å². The van der Waals surface area contributed by atoms with E-state index in [2.05, 4.69) is 5.32 Å². The van der Waals surface area contributed by atoms with E-state index in [1.807, 2.05) is 11.9 Å². The smallest absolute Gasteiger partial charge is 0.222 e. The Morgan fingerprint density at radius 3 is 2.74 bits per heavy atom. The Bertz CT molecular complexity index is 271. The Hall–Kier alpha value is -0.610. The van der Waals surface area contributed by atoms with Gasteiger partial charge < -0.3 is 15.0 Å². The summed E-state index contributed by atoms with van der Waals surface area (Å²) in [4.78, 5) is 14.0. The van der Waals surface area contributed by atoms with Crippen LogP contribution in [0.5, 0.6) is 0 Å². The fraction of sp³-hybridized carbons (Fsp3) is 0.933. The molecule has 2 saturated heterocycles. The summed E-state index contributed by atoms with van der Waals surface area (Å²) in [5.74, 6) is 1.60.